The van der Waals surface area contributed by atoms with E-state index in [1.165, 1.54) is 14.0 Å². The number of hydrogen-bond acceptors (Lipinski definition) is 17. The van der Waals surface area contributed by atoms with Gasteiger partial charge in [0.1, 0.15) is 48.3 Å². The first-order chi connectivity index (χ1) is 31.1. The van der Waals surface area contributed by atoms with Crippen molar-refractivity contribution in [2.24, 2.45) is 34.5 Å². The van der Waals surface area contributed by atoms with Gasteiger partial charge in [0.2, 0.25) is 0 Å². The number of aliphatic hydroxyl groups is 4. The Balaban J connectivity index is 0.971. The first-order valence-electron chi connectivity index (χ1n) is 24.8. The van der Waals surface area contributed by atoms with Gasteiger partial charge in [-0.15, -0.1) is 0 Å². The lowest BCUT2D eigenvalue weighted by atomic mass is 9.42. The number of carbonyl (C=O) groups is 2. The smallest absolute Gasteiger partial charge is 0.309 e. The summed E-state index contributed by atoms with van der Waals surface area (Å²) in [6.45, 7) is 16.5. The lowest BCUT2D eigenvalue weighted by Gasteiger charge is -2.66. The molecule has 24 atom stereocenters. The largest absolute Gasteiger partial charge is 0.462 e. The predicted octanol–water partition coefficient (Wildman–Crippen LogP) is 4.33. The summed E-state index contributed by atoms with van der Waals surface area (Å²) in [5, 5.41) is 47.0. The Morgan fingerprint density at radius 2 is 1.33 bits per heavy atom. The van der Waals surface area contributed by atoms with E-state index in [0.717, 1.165) is 32.1 Å². The maximum Gasteiger partial charge on any atom is 0.309 e. The first kappa shape index (κ1) is 52.2. The van der Waals surface area contributed by atoms with Crippen LogP contribution in [0.25, 0.3) is 0 Å². The fourth-order valence-corrected chi connectivity index (χ4v) is 13.9. The molecule has 4 aliphatic carbocycles. The Labute approximate surface area is 391 Å². The molecular formula is C49H82O17. The van der Waals surface area contributed by atoms with Crippen LogP contribution in [0.4, 0.5) is 0 Å². The minimum atomic E-state index is -1.61. The van der Waals surface area contributed by atoms with Crippen molar-refractivity contribution >= 4 is 11.9 Å². The Kier molecular flexibility index (Phi) is 16.0. The van der Waals surface area contributed by atoms with Crippen molar-refractivity contribution in [3.8, 4) is 0 Å². The standard InChI is InChI=1S/C49H82O17/c1-13-24(2)44(53)62-28(6)48(54)18-19-49(55)32-15-14-30-20-31(16-17-46(30,8)33(32)21-36(47(48,49)9)63-29(7)50)64-37-22-34(56-10)41(26(4)59-37)65-38-23-35(57-11)42(27(5)60-38)66-45-40(52)43(58-12)39(51)25(3)61-45/h24-28,30-43,45,51-52,54-55H,13-23H2,1-12H3/t24?,25-,26-,27-,28?,30+,31+,32-,33+,34+,35-,36-,37+,38+,39-,40-,41-,42-,43-,45+,46+,47-,48-,49+/m1/s1. The molecule has 0 aromatic heterocycles. The molecular weight excluding hydrogens is 861 g/mol. The third-order valence-corrected chi connectivity index (χ3v) is 18.2. The first-order valence-corrected chi connectivity index (χ1v) is 24.8. The molecule has 4 saturated carbocycles. The molecule has 7 fully saturated rings. The normalized spacial score (nSPS) is 50.3. The highest BCUT2D eigenvalue weighted by Gasteiger charge is 2.77. The van der Waals surface area contributed by atoms with Crippen LogP contribution in [0, 0.1) is 34.5 Å². The zero-order valence-electron chi connectivity index (χ0n) is 41.4. The number of methoxy groups -OCH3 is 3. The molecule has 17 heteroatoms. The molecule has 0 spiro atoms. The van der Waals surface area contributed by atoms with Crippen molar-refractivity contribution in [3.63, 3.8) is 0 Å². The van der Waals surface area contributed by atoms with Crippen LogP contribution in [0.5, 0.6) is 0 Å². The van der Waals surface area contributed by atoms with Crippen LogP contribution in [0.2, 0.25) is 0 Å². The van der Waals surface area contributed by atoms with Crippen molar-refractivity contribution in [1.82, 2.24) is 0 Å². The Hall–Kier alpha value is -1.58. The predicted molar refractivity (Wildman–Crippen MR) is 235 cm³/mol. The van der Waals surface area contributed by atoms with E-state index >= 15 is 0 Å². The zero-order valence-corrected chi connectivity index (χ0v) is 41.4. The summed E-state index contributed by atoms with van der Waals surface area (Å²) >= 11 is 0. The topological polar surface area (TPSA) is 217 Å². The molecule has 3 heterocycles. The second-order valence-electron chi connectivity index (χ2n) is 21.5. The number of aliphatic hydroxyl groups excluding tert-OH is 2. The molecule has 17 nitrogen and oxygen atoms in total. The van der Waals surface area contributed by atoms with Crippen LogP contribution in [0.1, 0.15) is 133 Å². The molecule has 66 heavy (non-hydrogen) atoms. The average Bonchev–Trinajstić information content (AvgIpc) is 3.50. The molecule has 0 radical (unpaired) electrons. The second-order valence-corrected chi connectivity index (χ2v) is 21.5. The van der Waals surface area contributed by atoms with E-state index in [0.29, 0.717) is 32.1 Å². The van der Waals surface area contributed by atoms with Crippen LogP contribution in [-0.4, -0.2) is 163 Å². The molecule has 0 amide bonds. The molecule has 3 saturated heterocycles. The third kappa shape index (κ3) is 9.15. The number of ether oxygens (including phenoxy) is 11. The molecule has 0 bridgehead atoms. The Morgan fingerprint density at radius 1 is 0.712 bits per heavy atom. The Bertz CT molecular complexity index is 1670. The second kappa shape index (κ2) is 20.3. The van der Waals surface area contributed by atoms with Gasteiger partial charge in [0, 0.05) is 41.1 Å². The van der Waals surface area contributed by atoms with Crippen molar-refractivity contribution < 1.29 is 82.1 Å². The van der Waals surface area contributed by atoms with E-state index in [9.17, 15) is 30.0 Å². The fraction of sp³-hybridized carbons (Fsp3) is 0.959. The van der Waals surface area contributed by atoms with Gasteiger partial charge in [-0.05, 0) is 109 Å². The van der Waals surface area contributed by atoms with Gasteiger partial charge in [0.15, 0.2) is 18.9 Å². The maximum absolute atomic E-state index is 13.0. The van der Waals surface area contributed by atoms with Gasteiger partial charge >= 0.3 is 11.9 Å². The van der Waals surface area contributed by atoms with E-state index in [2.05, 4.69) is 6.92 Å². The molecule has 2 unspecified atom stereocenters. The van der Waals surface area contributed by atoms with Crippen LogP contribution in [0.15, 0.2) is 0 Å². The molecule has 0 aromatic carbocycles. The molecule has 0 aromatic rings. The van der Waals surface area contributed by atoms with E-state index in [4.69, 9.17) is 52.1 Å². The minimum Gasteiger partial charge on any atom is -0.462 e. The third-order valence-electron chi connectivity index (χ3n) is 18.2. The minimum absolute atomic E-state index is 0.0267. The van der Waals surface area contributed by atoms with Crippen molar-refractivity contribution in [3.05, 3.63) is 0 Å². The summed E-state index contributed by atoms with van der Waals surface area (Å²) in [5.41, 5.74) is -4.41. The summed E-state index contributed by atoms with van der Waals surface area (Å²) in [4.78, 5) is 25.8. The number of esters is 2. The molecule has 4 N–H and O–H groups in total. The number of fused-ring (bicyclic) bond motifs is 5. The summed E-state index contributed by atoms with van der Waals surface area (Å²) in [5.74, 6) is -1.02. The number of hydrogen-bond donors (Lipinski definition) is 4. The molecule has 7 aliphatic rings. The maximum atomic E-state index is 13.0. The highest BCUT2D eigenvalue weighted by Crippen LogP contribution is 2.71. The summed E-state index contributed by atoms with van der Waals surface area (Å²) in [6.07, 6.45) is -4.11. The van der Waals surface area contributed by atoms with Gasteiger partial charge in [0.25, 0.3) is 0 Å². The SMILES string of the molecule is CCC(C)C(=O)OC(C)[C@]1(O)CC[C@]2(O)[C@@H]3CC[C@H]4C[C@@H](O[C@H]5C[C@H](OC)[C@H](O[C@H]6C[C@@H](OC)[C@H](O[C@@H]7O[C@H](C)[C@@H](O)[C@@H](OC)[C@H]7O)[C@@H](C)O6)[C@@H](C)O5)CC[C@]4(C)[C@H]3C[C@@H](OC(C)=O)[C@]12C. The quantitative estimate of drug-likeness (QED) is 0.141. The lowest BCUT2D eigenvalue weighted by molar-refractivity contribution is -0.352. The monoisotopic (exact) mass is 943 g/mol. The van der Waals surface area contributed by atoms with E-state index < -0.39 is 109 Å². The summed E-state index contributed by atoms with van der Waals surface area (Å²) in [6, 6.07) is 0. The van der Waals surface area contributed by atoms with E-state index in [-0.39, 0.29) is 53.7 Å². The van der Waals surface area contributed by atoms with Gasteiger partial charge in [-0.1, -0.05) is 27.7 Å². The molecule has 380 valence electrons. The highest BCUT2D eigenvalue weighted by molar-refractivity contribution is 5.72. The van der Waals surface area contributed by atoms with Gasteiger partial charge in [-0.2, -0.15) is 0 Å². The van der Waals surface area contributed by atoms with Gasteiger partial charge in [-0.25, -0.2) is 0 Å². The van der Waals surface area contributed by atoms with Crippen molar-refractivity contribution in [2.75, 3.05) is 21.3 Å². The van der Waals surface area contributed by atoms with Crippen LogP contribution >= 0.6 is 0 Å². The lowest BCUT2D eigenvalue weighted by Crippen LogP contribution is -2.72. The van der Waals surface area contributed by atoms with Gasteiger partial charge < -0.3 is 72.5 Å². The number of carbonyl (C=O) groups excluding carboxylic acids is 2. The van der Waals surface area contributed by atoms with E-state index in [1.807, 2.05) is 27.7 Å². The van der Waals surface area contributed by atoms with Gasteiger partial charge in [0.05, 0.1) is 53.6 Å². The zero-order chi connectivity index (χ0) is 48.3. The highest BCUT2D eigenvalue weighted by atomic mass is 16.8. The summed E-state index contributed by atoms with van der Waals surface area (Å²) < 4.78 is 67.6. The van der Waals surface area contributed by atoms with Crippen molar-refractivity contribution in [1.29, 1.82) is 0 Å². The van der Waals surface area contributed by atoms with Crippen LogP contribution in [0.3, 0.4) is 0 Å². The van der Waals surface area contributed by atoms with E-state index in [1.54, 1.807) is 35.0 Å². The molecule has 3 aliphatic heterocycles. The van der Waals surface area contributed by atoms with Gasteiger partial charge in [-0.3, -0.25) is 9.59 Å². The average molecular weight is 943 g/mol. The Morgan fingerprint density at radius 3 is 1.92 bits per heavy atom. The molecule has 7 rings (SSSR count). The fourth-order valence-electron chi connectivity index (χ4n) is 13.9. The van der Waals surface area contributed by atoms with Crippen LogP contribution < -0.4 is 0 Å². The number of rotatable bonds is 14. The van der Waals surface area contributed by atoms with Crippen molar-refractivity contribution in [2.45, 2.75) is 242 Å². The summed E-state index contributed by atoms with van der Waals surface area (Å²) in [7, 11) is 4.67. The van der Waals surface area contributed by atoms with Crippen LogP contribution in [-0.2, 0) is 61.7 Å².